The molecule has 19 nitrogen and oxygen atoms in total. The van der Waals surface area contributed by atoms with Gasteiger partial charge in [-0.25, -0.2) is 18.9 Å². The fourth-order valence-electron chi connectivity index (χ4n) is 7.39. The van der Waals surface area contributed by atoms with Gasteiger partial charge in [0, 0.05) is 18.3 Å². The number of ether oxygens (including phenoxy) is 4. The summed E-state index contributed by atoms with van der Waals surface area (Å²) in [7, 11) is -3.01. The summed E-state index contributed by atoms with van der Waals surface area (Å²) < 4.78 is 60.6. The number of β-lactam (4-membered cyclic amide) rings is 1. The van der Waals surface area contributed by atoms with Gasteiger partial charge in [0.1, 0.15) is 39.8 Å². The van der Waals surface area contributed by atoms with Crippen molar-refractivity contribution in [2.45, 2.75) is 104 Å². The molecule has 2 N–H and O–H groups in total. The van der Waals surface area contributed by atoms with Crippen LogP contribution in [0.5, 0.6) is 5.75 Å². The van der Waals surface area contributed by atoms with Crippen LogP contribution in [0.1, 0.15) is 89.2 Å². The maximum atomic E-state index is 14.4. The molecule has 0 saturated carbocycles. The van der Waals surface area contributed by atoms with E-state index in [1.165, 1.54) is 12.3 Å². The van der Waals surface area contributed by atoms with Crippen LogP contribution >= 0.6 is 11.3 Å². The Morgan fingerprint density at radius 1 is 0.942 bits per heavy atom. The molecule has 0 bridgehead atoms. The summed E-state index contributed by atoms with van der Waals surface area (Å²) in [6.07, 6.45) is -1.34. The molecule has 69 heavy (non-hydrogen) atoms. The van der Waals surface area contributed by atoms with Crippen molar-refractivity contribution in [1.29, 1.82) is 0 Å². The number of oxime groups is 1. The number of aryl methyl sites for hydroxylation is 2. The lowest BCUT2D eigenvalue weighted by Crippen LogP contribution is -2.62. The molecule has 6 rings (SSSR count). The molecule has 1 saturated heterocycles. The average Bonchev–Trinajstić information content (AvgIpc) is 3.85. The number of esters is 2. The Kier molecular flexibility index (Phi) is 16.3. The molecule has 0 radical (unpaired) electrons. The van der Waals surface area contributed by atoms with Gasteiger partial charge in [-0.15, -0.1) is 16.0 Å². The van der Waals surface area contributed by atoms with Crippen LogP contribution in [-0.2, 0) is 68.5 Å². The largest absolute Gasteiger partial charge is 0.489 e. The topological polar surface area (TPSA) is 235 Å². The van der Waals surface area contributed by atoms with Gasteiger partial charge in [-0.2, -0.15) is 13.1 Å². The van der Waals surface area contributed by atoms with Crippen LogP contribution in [0.25, 0.3) is 10.9 Å². The minimum atomic E-state index is -4.88. The number of fused-ring (bicyclic) bond motifs is 1. The Hall–Kier alpha value is -6.71. The Morgan fingerprint density at radius 2 is 1.58 bits per heavy atom. The van der Waals surface area contributed by atoms with E-state index in [-0.39, 0.29) is 21.4 Å². The molecule has 368 valence electrons. The monoisotopic (exact) mass is 989 g/mol. The highest BCUT2D eigenvalue weighted by Crippen LogP contribution is 2.33. The lowest BCUT2D eigenvalue weighted by Gasteiger charge is -2.41. The Bertz CT molecular complexity index is 2760. The zero-order valence-corrected chi connectivity index (χ0v) is 41.2. The second-order valence-corrected chi connectivity index (χ2v) is 20.5. The molecule has 3 aromatic carbocycles. The number of rotatable bonds is 20. The van der Waals surface area contributed by atoms with E-state index in [9.17, 15) is 36.9 Å². The van der Waals surface area contributed by atoms with Crippen LogP contribution in [0.4, 0.5) is 4.79 Å². The van der Waals surface area contributed by atoms with Crippen molar-refractivity contribution in [2.75, 3.05) is 13.2 Å². The van der Waals surface area contributed by atoms with Crippen molar-refractivity contribution in [2.24, 2.45) is 18.1 Å². The first-order chi connectivity index (χ1) is 32.5. The van der Waals surface area contributed by atoms with Gasteiger partial charge in [-0.05, 0) is 84.2 Å². The number of ketones is 1. The van der Waals surface area contributed by atoms with E-state index in [0.717, 1.165) is 22.2 Å². The molecular formula is C48H57N6O13S2+. The van der Waals surface area contributed by atoms with E-state index in [4.69, 9.17) is 23.8 Å². The van der Waals surface area contributed by atoms with Crippen molar-refractivity contribution in [3.63, 3.8) is 0 Å². The van der Waals surface area contributed by atoms with Gasteiger partial charge in [0.2, 0.25) is 12.1 Å². The summed E-state index contributed by atoms with van der Waals surface area (Å²) in [6.45, 7) is 12.4. The van der Waals surface area contributed by atoms with E-state index < -0.39 is 94.1 Å². The molecule has 0 spiro atoms. The third kappa shape index (κ3) is 13.9. The van der Waals surface area contributed by atoms with Crippen LogP contribution in [0, 0.1) is 5.92 Å². The lowest BCUT2D eigenvalue weighted by atomic mass is 9.86. The lowest BCUT2D eigenvalue weighted by molar-refractivity contribution is -0.751. The van der Waals surface area contributed by atoms with Gasteiger partial charge in [-0.1, -0.05) is 65.8 Å². The van der Waals surface area contributed by atoms with E-state index in [0.29, 0.717) is 36.4 Å². The number of amides is 2. The number of nitrogens with zero attached hydrogens (tertiary/aromatic N) is 5. The molecule has 2 aromatic heterocycles. The Labute approximate surface area is 404 Å². The summed E-state index contributed by atoms with van der Waals surface area (Å²) >= 11 is 1.03. The van der Waals surface area contributed by atoms with Crippen molar-refractivity contribution >= 4 is 68.0 Å². The van der Waals surface area contributed by atoms with Crippen LogP contribution < -0.4 is 14.7 Å². The number of nitrogens with one attached hydrogen (secondary N) is 1. The minimum Gasteiger partial charge on any atom is -0.489 e. The number of hydrogen-bond acceptors (Lipinski definition) is 15. The zero-order valence-electron chi connectivity index (χ0n) is 39.6. The standard InChI is InChI=1S/C48H56N6O13S2/c1-30-35(44(57)54(30)69(60,61)62)25-38(55)42(36-29-68-40(50-36)26-41(56)65-47(2,3)4)51-67-39(45(58)64-43(31-16-11-9-12-17-31)32-18-13-10-14-19-32)28-63-34-20-21-37-33(24-34)27-52(8)53(37)23-15-22-49-46(59)66-48(5,6)7/h9-14,16-21,24,27,29-30,35,39,43H,15,22-23,25-26,28H2,1-8H3,(H-,49,59,60,61,62)/p+1/b51-42-/t30-,35-,39?/m0/s1. The third-order valence-corrected chi connectivity index (χ3v) is 12.3. The maximum Gasteiger partial charge on any atom is 0.407 e. The molecule has 5 aromatic rings. The summed E-state index contributed by atoms with van der Waals surface area (Å²) in [5.74, 6) is -4.12. The van der Waals surface area contributed by atoms with Gasteiger partial charge >= 0.3 is 28.3 Å². The smallest absolute Gasteiger partial charge is 0.407 e. The normalized spacial score (nSPS) is 15.9. The first-order valence-electron chi connectivity index (χ1n) is 22.1. The van der Waals surface area contributed by atoms with E-state index in [1.807, 2.05) is 40.8 Å². The number of alkyl carbamates (subject to hydrolysis) is 1. The molecule has 1 fully saturated rings. The van der Waals surface area contributed by atoms with Crippen LogP contribution in [-0.4, -0.2) is 98.9 Å². The minimum absolute atomic E-state index is 0.0578. The SMILES string of the molecule is C[C@H]1[C@H](CC(=O)/C(=N\OC(COc2ccc3c(c2)c[n+](C)n3CCCNC(=O)OC(C)(C)C)C(=O)OC(c2ccccc2)c2ccccc2)c2csc(CC(=O)OC(C)(C)C)n2)C(=O)N1S(=O)(=O)O. The highest BCUT2D eigenvalue weighted by atomic mass is 32.2. The number of Topliss-reactive ketones (excluding diaryl/α,β-unsaturated/α-hetero) is 1. The fourth-order valence-corrected chi connectivity index (χ4v) is 9.09. The van der Waals surface area contributed by atoms with Crippen molar-refractivity contribution in [3.8, 4) is 5.75 Å². The Morgan fingerprint density at radius 3 is 2.17 bits per heavy atom. The highest BCUT2D eigenvalue weighted by Gasteiger charge is 2.51. The number of hydrogen-bond donors (Lipinski definition) is 2. The summed E-state index contributed by atoms with van der Waals surface area (Å²) in [5, 5.41) is 9.44. The van der Waals surface area contributed by atoms with Crippen molar-refractivity contribution in [1.82, 2.24) is 19.3 Å². The molecule has 1 unspecified atom stereocenters. The van der Waals surface area contributed by atoms with Gasteiger partial charge in [0.05, 0.1) is 30.3 Å². The number of thiazole rings is 1. The predicted octanol–water partition coefficient (Wildman–Crippen LogP) is 5.83. The van der Waals surface area contributed by atoms with Crippen LogP contribution in [0.3, 0.4) is 0 Å². The molecule has 2 amide bonds. The summed E-state index contributed by atoms with van der Waals surface area (Å²) in [6, 6.07) is 22.3. The molecule has 21 heteroatoms. The number of carbonyl (C=O) groups excluding carboxylic acids is 5. The highest BCUT2D eigenvalue weighted by molar-refractivity contribution is 7.84. The number of aromatic nitrogens is 3. The van der Waals surface area contributed by atoms with Gasteiger partial charge in [0.15, 0.2) is 24.6 Å². The van der Waals surface area contributed by atoms with E-state index in [2.05, 4.69) is 15.5 Å². The molecule has 0 aliphatic carbocycles. The Balaban J connectivity index is 1.29. The second kappa shape index (κ2) is 21.7. The molecule has 1 aliphatic heterocycles. The molecular weight excluding hydrogens is 933 g/mol. The second-order valence-electron chi connectivity index (χ2n) is 18.3. The van der Waals surface area contributed by atoms with E-state index >= 15 is 0 Å². The molecule has 1 aliphatic rings. The summed E-state index contributed by atoms with van der Waals surface area (Å²) in [4.78, 5) is 76.7. The maximum absolute atomic E-state index is 14.4. The van der Waals surface area contributed by atoms with Gasteiger partial charge < -0.3 is 29.1 Å². The fraction of sp³-hybridized carbons (Fsp3) is 0.417. The van der Waals surface area contributed by atoms with Crippen LogP contribution in [0.2, 0.25) is 0 Å². The van der Waals surface area contributed by atoms with Gasteiger partial charge in [0.25, 0.3) is 6.10 Å². The zero-order chi connectivity index (χ0) is 50.3. The first-order valence-corrected chi connectivity index (χ1v) is 24.4. The molecule has 3 atom stereocenters. The average molecular weight is 990 g/mol. The predicted molar refractivity (Wildman–Crippen MR) is 252 cm³/mol. The number of carbonyl (C=O) groups is 5. The number of benzene rings is 3. The molecule has 3 heterocycles. The third-order valence-electron chi connectivity index (χ3n) is 10.5. The van der Waals surface area contributed by atoms with Crippen molar-refractivity contribution < 1.29 is 65.4 Å². The van der Waals surface area contributed by atoms with E-state index in [1.54, 1.807) is 102 Å². The quantitative estimate of drug-likeness (QED) is 0.0137. The summed E-state index contributed by atoms with van der Waals surface area (Å²) in [5.41, 5.74) is 0.275. The van der Waals surface area contributed by atoms with Gasteiger partial charge in [-0.3, -0.25) is 18.9 Å². The first kappa shape index (κ1) is 51.7. The van der Waals surface area contributed by atoms with Crippen molar-refractivity contribution in [3.05, 3.63) is 112 Å². The van der Waals surface area contributed by atoms with Crippen LogP contribution in [0.15, 0.2) is 95.6 Å².